The number of ether oxygens (including phenoxy) is 2. The number of hydrogen-bond acceptors (Lipinski definition) is 8. The second-order valence-corrected chi connectivity index (χ2v) is 10.2. The molecule has 0 spiro atoms. The van der Waals surface area contributed by atoms with Gasteiger partial charge in [0.2, 0.25) is 0 Å². The molecule has 0 aliphatic heterocycles. The van der Waals surface area contributed by atoms with Crippen LogP contribution >= 0.6 is 0 Å². The Morgan fingerprint density at radius 1 is 0.540 bits per heavy atom. The number of nitrogens with zero attached hydrogens (tertiary/aromatic N) is 2. The molecule has 50 heavy (non-hydrogen) atoms. The molecule has 12 nitrogen and oxygen atoms in total. The lowest BCUT2D eigenvalue weighted by Crippen LogP contribution is -2.18. The summed E-state index contributed by atoms with van der Waals surface area (Å²) in [5.41, 5.74) is -4.54. The van der Waals surface area contributed by atoms with Crippen LogP contribution in [0, 0.1) is 0 Å². The van der Waals surface area contributed by atoms with Crippen molar-refractivity contribution in [2.45, 2.75) is 25.4 Å². The second-order valence-electron chi connectivity index (χ2n) is 10.2. The van der Waals surface area contributed by atoms with Crippen LogP contribution in [0.3, 0.4) is 0 Å². The van der Waals surface area contributed by atoms with Crippen LogP contribution in [0.2, 0.25) is 0 Å². The van der Waals surface area contributed by atoms with E-state index in [0.29, 0.717) is 21.6 Å². The Morgan fingerprint density at radius 2 is 0.920 bits per heavy atom. The summed E-state index contributed by atoms with van der Waals surface area (Å²) in [6.45, 7) is -0.998. The van der Waals surface area contributed by atoms with E-state index in [0.717, 1.165) is 18.2 Å². The number of nitrogens with one attached hydrogen (secondary N) is 2. The van der Waals surface area contributed by atoms with E-state index < -0.39 is 71.0 Å². The zero-order valence-corrected chi connectivity index (χ0v) is 25.1. The molecule has 2 aromatic heterocycles. The maximum atomic E-state index is 13.9. The van der Waals surface area contributed by atoms with Crippen molar-refractivity contribution >= 4 is 0 Å². The second kappa shape index (κ2) is 14.3. The maximum Gasteiger partial charge on any atom is 0.440 e. The van der Waals surface area contributed by atoms with Gasteiger partial charge in [0.15, 0.2) is 0 Å². The highest BCUT2D eigenvalue weighted by atomic mass is 19.4. The number of rotatable bonds is 8. The van der Waals surface area contributed by atoms with Gasteiger partial charge in [-0.05, 0) is 47.5 Å². The van der Waals surface area contributed by atoms with Gasteiger partial charge in [0.25, 0.3) is 0 Å². The summed E-state index contributed by atoms with van der Waals surface area (Å²) >= 11 is 0. The first-order valence-electron chi connectivity index (χ1n) is 14.1. The molecule has 2 heterocycles. The molecule has 0 saturated carbocycles. The van der Waals surface area contributed by atoms with Crippen LogP contribution in [0.4, 0.5) is 26.3 Å². The lowest BCUT2D eigenvalue weighted by atomic mass is 10.1. The van der Waals surface area contributed by atoms with E-state index >= 15 is 0 Å². The summed E-state index contributed by atoms with van der Waals surface area (Å²) in [5.74, 6) is -3.97. The fraction of sp³-hybridized carbons (Fsp3) is 0.125. The van der Waals surface area contributed by atoms with Gasteiger partial charge in [0.1, 0.15) is 23.0 Å². The predicted molar refractivity (Wildman–Crippen MR) is 161 cm³/mol. The number of halogens is 6. The first kappa shape index (κ1) is 34.9. The fourth-order valence-corrected chi connectivity index (χ4v) is 4.38. The third kappa shape index (κ3) is 8.91. The SMILES string of the molecule is O=c1[nH]c(=O)n(Cc2ccc(Oc3cccc(Oc4ccc(Cn5oc(=O)[nH]c5=O)cc4C(F)(F)F)c3)c(C(F)(F)F)c2)o1.c1ccccc1. The monoisotopic (exact) mass is 704 g/mol. The van der Waals surface area contributed by atoms with E-state index in [2.05, 4.69) is 9.05 Å². The molecular formula is C32H22F6N4O8. The number of hydrogen-bond donors (Lipinski definition) is 2. The van der Waals surface area contributed by atoms with Crippen molar-refractivity contribution in [3.63, 3.8) is 0 Å². The Kier molecular flexibility index (Phi) is 10.0. The fourth-order valence-electron chi connectivity index (χ4n) is 4.38. The number of alkyl halides is 6. The highest BCUT2D eigenvalue weighted by molar-refractivity contribution is 5.46. The zero-order chi connectivity index (χ0) is 36.1. The Bertz CT molecular complexity index is 2140. The lowest BCUT2D eigenvalue weighted by molar-refractivity contribution is -0.139. The van der Waals surface area contributed by atoms with Gasteiger partial charge >= 0.3 is 35.2 Å². The molecular weight excluding hydrogens is 682 g/mol. The molecule has 0 amide bonds. The molecule has 0 bridgehead atoms. The third-order valence-electron chi connectivity index (χ3n) is 6.54. The molecule has 0 fully saturated rings. The molecule has 0 aliphatic rings. The Labute approximate surface area is 274 Å². The van der Waals surface area contributed by atoms with Crippen LogP contribution in [0.5, 0.6) is 23.0 Å². The molecule has 0 unspecified atom stereocenters. The van der Waals surface area contributed by atoms with Crippen molar-refractivity contribution in [3.8, 4) is 23.0 Å². The van der Waals surface area contributed by atoms with Gasteiger partial charge < -0.3 is 18.5 Å². The third-order valence-corrected chi connectivity index (χ3v) is 6.54. The van der Waals surface area contributed by atoms with E-state index in [-0.39, 0.29) is 22.6 Å². The number of aromatic nitrogens is 4. The van der Waals surface area contributed by atoms with Crippen LogP contribution in [0.15, 0.2) is 125 Å². The number of aromatic amines is 2. The summed E-state index contributed by atoms with van der Waals surface area (Å²) in [4.78, 5) is 49.2. The largest absolute Gasteiger partial charge is 0.457 e. The average molecular weight is 705 g/mol. The molecule has 260 valence electrons. The summed E-state index contributed by atoms with van der Waals surface area (Å²) in [6, 6.07) is 22.5. The summed E-state index contributed by atoms with van der Waals surface area (Å²) in [6.07, 6.45) is -9.86. The van der Waals surface area contributed by atoms with Gasteiger partial charge in [-0.1, -0.05) is 54.6 Å². The molecule has 0 radical (unpaired) electrons. The first-order chi connectivity index (χ1) is 23.7. The van der Waals surface area contributed by atoms with Crippen LogP contribution in [0.1, 0.15) is 22.3 Å². The average Bonchev–Trinajstić information content (AvgIpc) is 3.55. The standard InChI is InChI=1S/C26H16F6N4O8.C6H6/c27-25(28,29)17-8-13(11-35-21(37)33-23(39)43-35)4-6-19(17)41-15-2-1-3-16(10-15)42-20-7-5-14(9-18(20)26(30,31)32)12-36-22(38)34-24(40)44-36;1-2-4-6-5-3-1/h1-10H,11-12H2,(H,33,37,39)(H,34,38,40);1-6H. The van der Waals surface area contributed by atoms with E-state index in [9.17, 15) is 45.5 Å². The molecule has 6 rings (SSSR count). The highest BCUT2D eigenvalue weighted by Crippen LogP contribution is 2.41. The lowest BCUT2D eigenvalue weighted by Gasteiger charge is -2.17. The van der Waals surface area contributed by atoms with E-state index in [1.807, 2.05) is 36.4 Å². The minimum Gasteiger partial charge on any atom is -0.457 e. The van der Waals surface area contributed by atoms with Crippen molar-refractivity contribution in [2.75, 3.05) is 0 Å². The Hall–Kier alpha value is -6.46. The van der Waals surface area contributed by atoms with Crippen LogP contribution < -0.4 is 32.4 Å². The van der Waals surface area contributed by atoms with E-state index in [4.69, 9.17) is 9.47 Å². The van der Waals surface area contributed by atoms with Crippen LogP contribution in [-0.4, -0.2) is 19.4 Å². The van der Waals surface area contributed by atoms with Gasteiger partial charge in [-0.15, -0.1) is 9.48 Å². The van der Waals surface area contributed by atoms with Crippen molar-refractivity contribution in [1.29, 1.82) is 0 Å². The zero-order valence-electron chi connectivity index (χ0n) is 25.1. The molecule has 0 aliphatic carbocycles. The Morgan fingerprint density at radius 3 is 1.24 bits per heavy atom. The summed E-state index contributed by atoms with van der Waals surface area (Å²) < 4.78 is 104. The Balaban J connectivity index is 0.000000732. The number of H-pyrrole nitrogens is 2. The van der Waals surface area contributed by atoms with E-state index in [1.54, 1.807) is 9.97 Å². The molecule has 18 heteroatoms. The smallest absolute Gasteiger partial charge is 0.440 e. The van der Waals surface area contributed by atoms with Crippen molar-refractivity contribution in [2.24, 2.45) is 0 Å². The summed E-state index contributed by atoms with van der Waals surface area (Å²) in [7, 11) is 0. The van der Waals surface area contributed by atoms with Crippen molar-refractivity contribution in [3.05, 3.63) is 161 Å². The minimum atomic E-state index is -4.93. The first-order valence-corrected chi connectivity index (χ1v) is 14.1. The normalized spacial score (nSPS) is 11.5. The molecule has 6 aromatic rings. The van der Waals surface area contributed by atoms with Crippen molar-refractivity contribution in [1.82, 2.24) is 19.4 Å². The highest BCUT2D eigenvalue weighted by Gasteiger charge is 2.36. The predicted octanol–water partition coefficient (Wildman–Crippen LogP) is 5.98. The molecule has 4 aromatic carbocycles. The topological polar surface area (TPSA) is 154 Å². The maximum absolute atomic E-state index is 13.9. The van der Waals surface area contributed by atoms with Gasteiger partial charge in [0.05, 0.1) is 24.2 Å². The van der Waals surface area contributed by atoms with Gasteiger partial charge in [-0.2, -0.15) is 26.3 Å². The molecule has 0 saturated heterocycles. The summed E-state index contributed by atoms with van der Waals surface area (Å²) in [5, 5.41) is 0. The quantitative estimate of drug-likeness (QED) is 0.184. The minimum absolute atomic E-state index is 0.0572. The van der Waals surface area contributed by atoms with Crippen LogP contribution in [0.25, 0.3) is 0 Å². The van der Waals surface area contributed by atoms with E-state index in [1.165, 1.54) is 30.3 Å². The van der Waals surface area contributed by atoms with Gasteiger partial charge in [0, 0.05) is 6.07 Å². The van der Waals surface area contributed by atoms with Gasteiger partial charge in [-0.3, -0.25) is 0 Å². The molecule has 0 atom stereocenters. The van der Waals surface area contributed by atoms with Gasteiger partial charge in [-0.25, -0.2) is 29.1 Å². The van der Waals surface area contributed by atoms with Crippen LogP contribution in [-0.2, 0) is 25.4 Å². The molecule has 2 N–H and O–H groups in total. The van der Waals surface area contributed by atoms with Crippen molar-refractivity contribution < 1.29 is 44.9 Å². The number of benzene rings is 4.